The number of rotatable bonds is 6. The van der Waals surface area contributed by atoms with Crippen molar-refractivity contribution in [2.45, 2.75) is 52.4 Å². The lowest BCUT2D eigenvalue weighted by Crippen LogP contribution is -2.25. The van der Waals surface area contributed by atoms with Crippen LogP contribution in [0.15, 0.2) is 0 Å². The van der Waals surface area contributed by atoms with E-state index in [1.54, 1.807) is 0 Å². The second kappa shape index (κ2) is 7.00. The van der Waals surface area contributed by atoms with Crippen LogP contribution in [0.1, 0.15) is 52.4 Å². The van der Waals surface area contributed by atoms with Crippen LogP contribution in [0.2, 0.25) is 0 Å². The summed E-state index contributed by atoms with van der Waals surface area (Å²) in [5.41, 5.74) is 0. The number of ketones is 1. The standard InChI is InChI=1S/C13H24O2/c1-3-5-11-6-8-12(9-7-11)13(14)10-15-4-2/h11-12H,3-10H2,1-2H3. The quantitative estimate of drug-likeness (QED) is 0.676. The second-order valence-electron chi connectivity index (χ2n) is 4.61. The van der Waals surface area contributed by atoms with Gasteiger partial charge >= 0.3 is 0 Å². The van der Waals surface area contributed by atoms with Crippen molar-refractivity contribution in [3.8, 4) is 0 Å². The molecule has 0 aliphatic heterocycles. The average molecular weight is 212 g/mol. The Hall–Kier alpha value is -0.370. The Morgan fingerprint density at radius 2 is 1.87 bits per heavy atom. The number of ether oxygens (including phenoxy) is 1. The first kappa shape index (κ1) is 12.7. The maximum atomic E-state index is 11.7. The molecule has 1 fully saturated rings. The zero-order chi connectivity index (χ0) is 11.1. The molecule has 2 nitrogen and oxygen atoms in total. The van der Waals surface area contributed by atoms with Crippen molar-refractivity contribution < 1.29 is 9.53 Å². The summed E-state index contributed by atoms with van der Waals surface area (Å²) in [6.45, 7) is 5.16. The molecule has 0 N–H and O–H groups in total. The summed E-state index contributed by atoms with van der Waals surface area (Å²) in [6.07, 6.45) is 7.30. The highest BCUT2D eigenvalue weighted by atomic mass is 16.5. The summed E-state index contributed by atoms with van der Waals surface area (Å²) in [6, 6.07) is 0. The molecular formula is C13H24O2. The molecule has 0 unspecified atom stereocenters. The lowest BCUT2D eigenvalue weighted by Gasteiger charge is -2.27. The molecule has 0 aromatic heterocycles. The SMILES string of the molecule is CCCC1CCC(C(=O)COCC)CC1. The third kappa shape index (κ3) is 4.33. The third-order valence-corrected chi connectivity index (χ3v) is 3.45. The number of carbonyl (C=O) groups is 1. The first-order valence-electron chi connectivity index (χ1n) is 6.38. The summed E-state index contributed by atoms with van der Waals surface area (Å²) in [4.78, 5) is 11.7. The highest BCUT2D eigenvalue weighted by Crippen LogP contribution is 2.31. The molecule has 0 bridgehead atoms. The second-order valence-corrected chi connectivity index (χ2v) is 4.61. The molecule has 2 heteroatoms. The Bertz CT molecular complexity index is 181. The first-order valence-corrected chi connectivity index (χ1v) is 6.38. The van der Waals surface area contributed by atoms with Gasteiger partial charge in [0.15, 0.2) is 5.78 Å². The molecule has 1 saturated carbocycles. The van der Waals surface area contributed by atoms with Gasteiger partial charge in [-0.1, -0.05) is 19.8 Å². The van der Waals surface area contributed by atoms with Gasteiger partial charge in [0.25, 0.3) is 0 Å². The molecule has 0 aromatic carbocycles. The fourth-order valence-electron chi connectivity index (χ4n) is 2.50. The Morgan fingerprint density at radius 3 is 2.40 bits per heavy atom. The van der Waals surface area contributed by atoms with Crippen molar-refractivity contribution in [1.82, 2.24) is 0 Å². The summed E-state index contributed by atoms with van der Waals surface area (Å²) < 4.78 is 5.17. The van der Waals surface area contributed by atoms with E-state index in [0.717, 1.165) is 18.8 Å². The Labute approximate surface area is 93.4 Å². The van der Waals surface area contributed by atoms with Gasteiger partial charge < -0.3 is 4.74 Å². The van der Waals surface area contributed by atoms with Gasteiger partial charge in [0.1, 0.15) is 6.61 Å². The Balaban J connectivity index is 2.21. The normalized spacial score (nSPS) is 26.5. The zero-order valence-corrected chi connectivity index (χ0v) is 10.1. The third-order valence-electron chi connectivity index (χ3n) is 3.45. The van der Waals surface area contributed by atoms with E-state index in [1.165, 1.54) is 25.7 Å². The van der Waals surface area contributed by atoms with E-state index in [0.29, 0.717) is 24.9 Å². The minimum absolute atomic E-state index is 0.296. The van der Waals surface area contributed by atoms with E-state index in [-0.39, 0.29) is 0 Å². The van der Waals surface area contributed by atoms with E-state index in [4.69, 9.17) is 4.74 Å². The summed E-state index contributed by atoms with van der Waals surface area (Å²) >= 11 is 0. The molecule has 0 amide bonds. The maximum absolute atomic E-state index is 11.7. The van der Waals surface area contributed by atoms with Crippen LogP contribution >= 0.6 is 0 Å². The van der Waals surface area contributed by atoms with Crippen LogP contribution in [0.25, 0.3) is 0 Å². The number of Topliss-reactive ketones (excluding diaryl/α,β-unsaturated/α-hetero) is 1. The highest BCUT2D eigenvalue weighted by molar-refractivity contribution is 5.82. The molecule has 0 radical (unpaired) electrons. The van der Waals surface area contributed by atoms with Crippen molar-refractivity contribution >= 4 is 5.78 Å². The van der Waals surface area contributed by atoms with Crippen LogP contribution in [-0.4, -0.2) is 19.0 Å². The minimum Gasteiger partial charge on any atom is -0.374 e. The largest absolute Gasteiger partial charge is 0.374 e. The smallest absolute Gasteiger partial charge is 0.161 e. The van der Waals surface area contributed by atoms with Gasteiger partial charge in [-0.05, 0) is 38.5 Å². The van der Waals surface area contributed by atoms with Gasteiger partial charge in [0.2, 0.25) is 0 Å². The van der Waals surface area contributed by atoms with Crippen molar-refractivity contribution in [3.05, 3.63) is 0 Å². The minimum atomic E-state index is 0.296. The molecule has 15 heavy (non-hydrogen) atoms. The van der Waals surface area contributed by atoms with Crippen LogP contribution in [-0.2, 0) is 9.53 Å². The van der Waals surface area contributed by atoms with Gasteiger partial charge in [0.05, 0.1) is 0 Å². The van der Waals surface area contributed by atoms with Crippen LogP contribution in [0, 0.1) is 11.8 Å². The molecular weight excluding hydrogens is 188 g/mol. The fourth-order valence-corrected chi connectivity index (χ4v) is 2.50. The van der Waals surface area contributed by atoms with Gasteiger partial charge in [-0.15, -0.1) is 0 Å². The number of hydrogen-bond donors (Lipinski definition) is 0. The summed E-state index contributed by atoms with van der Waals surface area (Å²) in [5, 5.41) is 0. The number of hydrogen-bond acceptors (Lipinski definition) is 2. The van der Waals surface area contributed by atoms with E-state index < -0.39 is 0 Å². The van der Waals surface area contributed by atoms with E-state index in [9.17, 15) is 4.79 Å². The van der Waals surface area contributed by atoms with Crippen molar-refractivity contribution in [1.29, 1.82) is 0 Å². The fraction of sp³-hybridized carbons (Fsp3) is 0.923. The zero-order valence-electron chi connectivity index (χ0n) is 10.1. The Morgan fingerprint density at radius 1 is 1.20 bits per heavy atom. The van der Waals surface area contributed by atoms with E-state index >= 15 is 0 Å². The van der Waals surface area contributed by atoms with Crippen LogP contribution < -0.4 is 0 Å². The van der Waals surface area contributed by atoms with Crippen LogP contribution in [0.5, 0.6) is 0 Å². The monoisotopic (exact) mass is 212 g/mol. The average Bonchev–Trinajstić information content (AvgIpc) is 2.27. The lowest BCUT2D eigenvalue weighted by molar-refractivity contribution is -0.128. The molecule has 0 saturated heterocycles. The van der Waals surface area contributed by atoms with Crippen molar-refractivity contribution in [3.63, 3.8) is 0 Å². The molecule has 88 valence electrons. The van der Waals surface area contributed by atoms with Gasteiger partial charge in [-0.2, -0.15) is 0 Å². The Kier molecular flexibility index (Phi) is 5.92. The topological polar surface area (TPSA) is 26.3 Å². The summed E-state index contributed by atoms with van der Waals surface area (Å²) in [5.74, 6) is 1.50. The van der Waals surface area contributed by atoms with Gasteiger partial charge in [0, 0.05) is 12.5 Å². The molecule has 1 rings (SSSR count). The molecule has 0 atom stereocenters. The van der Waals surface area contributed by atoms with Crippen molar-refractivity contribution in [2.24, 2.45) is 11.8 Å². The molecule has 0 spiro atoms. The van der Waals surface area contributed by atoms with Crippen molar-refractivity contribution in [2.75, 3.05) is 13.2 Å². The van der Waals surface area contributed by atoms with Gasteiger partial charge in [-0.25, -0.2) is 0 Å². The number of carbonyl (C=O) groups excluding carboxylic acids is 1. The molecule has 0 aromatic rings. The predicted octanol–water partition coefficient (Wildman–Crippen LogP) is 3.20. The molecule has 1 aliphatic rings. The lowest BCUT2D eigenvalue weighted by atomic mass is 9.78. The highest BCUT2D eigenvalue weighted by Gasteiger charge is 2.25. The predicted molar refractivity (Wildman–Crippen MR) is 61.9 cm³/mol. The molecule has 0 heterocycles. The first-order chi connectivity index (χ1) is 7.27. The summed E-state index contributed by atoms with van der Waals surface area (Å²) in [7, 11) is 0. The van der Waals surface area contributed by atoms with E-state index in [2.05, 4.69) is 6.92 Å². The van der Waals surface area contributed by atoms with E-state index in [1.807, 2.05) is 6.92 Å². The van der Waals surface area contributed by atoms with Gasteiger partial charge in [-0.3, -0.25) is 4.79 Å². The van der Waals surface area contributed by atoms with Crippen LogP contribution in [0.4, 0.5) is 0 Å². The maximum Gasteiger partial charge on any atom is 0.161 e. The molecule has 1 aliphatic carbocycles. The van der Waals surface area contributed by atoms with Crippen LogP contribution in [0.3, 0.4) is 0 Å².